The maximum atomic E-state index is 12.5. The van der Waals surface area contributed by atoms with Gasteiger partial charge in [-0.25, -0.2) is 4.68 Å². The molecule has 1 atom stereocenters. The van der Waals surface area contributed by atoms with Gasteiger partial charge in [-0.1, -0.05) is 16.8 Å². The van der Waals surface area contributed by atoms with Crippen LogP contribution < -0.4 is 15.0 Å². The van der Waals surface area contributed by atoms with Crippen LogP contribution in [-0.4, -0.2) is 45.3 Å². The van der Waals surface area contributed by atoms with Crippen molar-refractivity contribution >= 4 is 28.9 Å². The molecular formula is C22H22ClF3N6O2. The third-order valence-electron chi connectivity index (χ3n) is 5.55. The number of aryl methyl sites for hydroxylation is 3. The zero-order valence-corrected chi connectivity index (χ0v) is 19.4. The summed E-state index contributed by atoms with van der Waals surface area (Å²) in [6.45, 7) is 3.87. The van der Waals surface area contributed by atoms with E-state index in [1.54, 1.807) is 12.3 Å². The van der Waals surface area contributed by atoms with Crippen LogP contribution in [0.2, 0.25) is 5.02 Å². The average molecular weight is 495 g/mol. The molecule has 0 saturated carbocycles. The molecule has 1 N–H and O–H groups in total. The molecule has 4 rings (SSSR count). The van der Waals surface area contributed by atoms with E-state index in [9.17, 15) is 18.0 Å². The first-order chi connectivity index (χ1) is 16.0. The van der Waals surface area contributed by atoms with Gasteiger partial charge in [-0.2, -0.15) is 0 Å². The largest absolute Gasteiger partial charge is 0.573 e. The Labute approximate surface area is 198 Å². The minimum absolute atomic E-state index is 0.0685. The van der Waals surface area contributed by atoms with Gasteiger partial charge in [0, 0.05) is 24.0 Å². The van der Waals surface area contributed by atoms with Gasteiger partial charge in [0.05, 0.1) is 29.3 Å². The highest BCUT2D eigenvalue weighted by molar-refractivity contribution is 6.30. The van der Waals surface area contributed by atoms with Crippen LogP contribution in [0.1, 0.15) is 29.6 Å². The number of nitrogens with one attached hydrogen (secondary N) is 1. The molecule has 3 heterocycles. The Morgan fingerprint density at radius 3 is 2.65 bits per heavy atom. The van der Waals surface area contributed by atoms with Gasteiger partial charge in [-0.3, -0.25) is 9.78 Å². The van der Waals surface area contributed by atoms with E-state index in [2.05, 4.69) is 25.3 Å². The Hall–Kier alpha value is -3.34. The molecule has 2 aromatic heterocycles. The lowest BCUT2D eigenvalue weighted by molar-refractivity contribution is -0.274. The highest BCUT2D eigenvalue weighted by Crippen LogP contribution is 2.34. The Morgan fingerprint density at radius 2 is 1.91 bits per heavy atom. The summed E-state index contributed by atoms with van der Waals surface area (Å²) in [6, 6.07) is 5.58. The standard InChI is InChI=1S/C22H22ClF3N6O2/c1-12-20-19(31(3)13(2)21(33)28-20)9-16(27-12)4-5-17-11-32(30-29-17)10-14-6-15(23)8-18(7-14)34-22(24,25)26/h6-9,11,13H,4-5,10H2,1-3H3,(H,28,33)/t13-/m0/s1. The van der Waals surface area contributed by atoms with Crippen LogP contribution in [0.3, 0.4) is 0 Å². The summed E-state index contributed by atoms with van der Waals surface area (Å²) in [5, 5.41) is 11.2. The Balaban J connectivity index is 1.44. The molecule has 34 heavy (non-hydrogen) atoms. The van der Waals surface area contributed by atoms with Crippen LogP contribution in [0.25, 0.3) is 0 Å². The first-order valence-electron chi connectivity index (χ1n) is 10.5. The maximum absolute atomic E-state index is 12.5. The van der Waals surface area contributed by atoms with Crippen LogP contribution in [0, 0.1) is 6.92 Å². The summed E-state index contributed by atoms with van der Waals surface area (Å²) in [6.07, 6.45) is -1.91. The predicted octanol–water partition coefficient (Wildman–Crippen LogP) is 4.14. The monoisotopic (exact) mass is 494 g/mol. The Bertz CT molecular complexity index is 1230. The van der Waals surface area contributed by atoms with E-state index >= 15 is 0 Å². The number of rotatable bonds is 6. The van der Waals surface area contributed by atoms with Crippen LogP contribution in [0.5, 0.6) is 5.75 Å². The molecular weight excluding hydrogens is 473 g/mol. The number of halogens is 4. The van der Waals surface area contributed by atoms with Gasteiger partial charge >= 0.3 is 6.36 Å². The van der Waals surface area contributed by atoms with Gasteiger partial charge in [-0.15, -0.1) is 18.3 Å². The van der Waals surface area contributed by atoms with Gasteiger partial charge in [-0.05, 0) is 56.5 Å². The zero-order chi connectivity index (χ0) is 24.6. The number of pyridine rings is 1. The number of aromatic nitrogens is 4. The van der Waals surface area contributed by atoms with E-state index in [1.165, 1.54) is 10.7 Å². The highest BCUT2D eigenvalue weighted by atomic mass is 35.5. The number of carbonyl (C=O) groups is 1. The van der Waals surface area contributed by atoms with E-state index < -0.39 is 6.36 Å². The van der Waals surface area contributed by atoms with Crippen LogP contribution in [-0.2, 0) is 24.2 Å². The van der Waals surface area contributed by atoms with Gasteiger partial charge in [0.25, 0.3) is 0 Å². The molecule has 1 aromatic carbocycles. The van der Waals surface area contributed by atoms with Gasteiger partial charge in [0.1, 0.15) is 11.8 Å². The van der Waals surface area contributed by atoms with E-state index in [1.807, 2.05) is 31.9 Å². The van der Waals surface area contributed by atoms with Gasteiger partial charge in [0.15, 0.2) is 0 Å². The molecule has 0 unspecified atom stereocenters. The molecule has 0 bridgehead atoms. The van der Waals surface area contributed by atoms with Crippen LogP contribution in [0.4, 0.5) is 24.5 Å². The molecule has 3 aromatic rings. The summed E-state index contributed by atoms with van der Waals surface area (Å²) in [4.78, 5) is 18.6. The van der Waals surface area contributed by atoms with E-state index in [0.29, 0.717) is 24.1 Å². The van der Waals surface area contributed by atoms with Crippen molar-refractivity contribution in [2.24, 2.45) is 0 Å². The molecule has 0 radical (unpaired) electrons. The molecule has 12 heteroatoms. The number of likely N-dealkylation sites (N-methyl/N-ethyl adjacent to an activating group) is 1. The van der Waals surface area contributed by atoms with Crippen molar-refractivity contribution in [2.75, 3.05) is 17.3 Å². The molecule has 1 amide bonds. The normalized spacial score (nSPS) is 15.8. The van der Waals surface area contributed by atoms with Crippen molar-refractivity contribution < 1.29 is 22.7 Å². The smallest absolute Gasteiger partial charge is 0.406 e. The van der Waals surface area contributed by atoms with Gasteiger partial charge < -0.3 is 15.0 Å². The number of hydrogen-bond acceptors (Lipinski definition) is 6. The number of amides is 1. The van der Waals surface area contributed by atoms with Crippen molar-refractivity contribution in [3.05, 3.63) is 58.1 Å². The Morgan fingerprint density at radius 1 is 1.18 bits per heavy atom. The lowest BCUT2D eigenvalue weighted by atomic mass is 10.1. The first kappa shape index (κ1) is 23.8. The molecule has 0 spiro atoms. The number of ether oxygens (including phenoxy) is 1. The van der Waals surface area contributed by atoms with E-state index in [0.717, 1.165) is 28.8 Å². The summed E-state index contributed by atoms with van der Waals surface area (Å²) in [7, 11) is 1.87. The molecule has 8 nitrogen and oxygen atoms in total. The average Bonchev–Trinajstić information content (AvgIpc) is 3.17. The minimum atomic E-state index is -4.80. The quantitative estimate of drug-likeness (QED) is 0.554. The third kappa shape index (κ3) is 5.41. The number of nitrogens with zero attached hydrogens (tertiary/aromatic N) is 5. The minimum Gasteiger partial charge on any atom is -0.406 e. The summed E-state index contributed by atoms with van der Waals surface area (Å²) in [5.74, 6) is -0.458. The van der Waals surface area contributed by atoms with Gasteiger partial charge in [0.2, 0.25) is 5.91 Å². The predicted molar refractivity (Wildman–Crippen MR) is 120 cm³/mol. The summed E-state index contributed by atoms with van der Waals surface area (Å²) in [5.41, 5.74) is 4.42. The number of alkyl halides is 3. The number of hydrogen-bond donors (Lipinski definition) is 1. The maximum Gasteiger partial charge on any atom is 0.573 e. The van der Waals surface area contributed by atoms with Crippen molar-refractivity contribution in [2.45, 2.75) is 45.6 Å². The Kier molecular flexibility index (Phi) is 6.39. The van der Waals surface area contributed by atoms with E-state index in [4.69, 9.17) is 11.6 Å². The molecule has 0 fully saturated rings. The second-order valence-electron chi connectivity index (χ2n) is 8.12. The number of anilines is 2. The molecule has 0 aliphatic carbocycles. The SMILES string of the molecule is Cc1nc(CCc2cn(Cc3cc(Cl)cc(OC(F)(F)F)c3)nn2)cc2c1NC(=O)[C@H](C)N2C. The van der Waals surface area contributed by atoms with E-state index in [-0.39, 0.29) is 29.3 Å². The van der Waals surface area contributed by atoms with Crippen LogP contribution in [0.15, 0.2) is 30.5 Å². The summed E-state index contributed by atoms with van der Waals surface area (Å²) < 4.78 is 43.0. The first-order valence-corrected chi connectivity index (χ1v) is 10.8. The van der Waals surface area contributed by atoms with Crippen LogP contribution >= 0.6 is 11.6 Å². The highest BCUT2D eigenvalue weighted by Gasteiger charge is 2.31. The molecule has 0 saturated heterocycles. The fraction of sp³-hybridized carbons (Fsp3) is 0.364. The lowest BCUT2D eigenvalue weighted by Crippen LogP contribution is -2.44. The second-order valence-corrected chi connectivity index (χ2v) is 8.56. The van der Waals surface area contributed by atoms with Crippen molar-refractivity contribution in [3.63, 3.8) is 0 Å². The number of fused-ring (bicyclic) bond motifs is 1. The fourth-order valence-electron chi connectivity index (χ4n) is 3.77. The summed E-state index contributed by atoms with van der Waals surface area (Å²) >= 11 is 5.93. The zero-order valence-electron chi connectivity index (χ0n) is 18.6. The topological polar surface area (TPSA) is 85.2 Å². The van der Waals surface area contributed by atoms with Crippen molar-refractivity contribution in [1.29, 1.82) is 0 Å². The lowest BCUT2D eigenvalue weighted by Gasteiger charge is -2.34. The molecule has 1 aliphatic rings. The van der Waals surface area contributed by atoms with Crippen molar-refractivity contribution in [1.82, 2.24) is 20.0 Å². The molecule has 1 aliphatic heterocycles. The number of carbonyl (C=O) groups excluding carboxylic acids is 1. The third-order valence-corrected chi connectivity index (χ3v) is 5.77. The van der Waals surface area contributed by atoms with Crippen molar-refractivity contribution in [3.8, 4) is 5.75 Å². The number of benzene rings is 1. The second kappa shape index (κ2) is 9.13. The fourth-order valence-corrected chi connectivity index (χ4v) is 4.02. The molecule has 180 valence electrons.